The topological polar surface area (TPSA) is 61.4 Å². The van der Waals surface area contributed by atoms with Gasteiger partial charge in [-0.25, -0.2) is 0 Å². The van der Waals surface area contributed by atoms with Gasteiger partial charge in [0.25, 0.3) is 11.8 Å². The van der Waals surface area contributed by atoms with Crippen LogP contribution in [-0.4, -0.2) is 42.9 Å². The highest BCUT2D eigenvalue weighted by Crippen LogP contribution is 2.38. The van der Waals surface area contributed by atoms with Crippen molar-refractivity contribution in [3.8, 4) is 0 Å². The molecule has 1 fully saturated rings. The number of nitrogens with zero attached hydrogens (tertiary/aromatic N) is 1. The maximum Gasteiger partial charge on any atom is 0.262 e. The van der Waals surface area contributed by atoms with E-state index >= 15 is 0 Å². The number of benzene rings is 3. The number of para-hydroxylation sites is 1. The number of nitrogens with one attached hydrogen (secondary N) is 2. The van der Waals surface area contributed by atoms with E-state index in [4.69, 9.17) is 0 Å². The number of amides is 2. The Bertz CT molecular complexity index is 1250. The number of thioether (sulfide) groups is 1. The number of carbonyl (C=O) groups is 2. The number of carbonyl (C=O) groups excluding carboxylic acids is 2. The highest BCUT2D eigenvalue weighted by molar-refractivity contribution is 8.04. The van der Waals surface area contributed by atoms with E-state index in [0.29, 0.717) is 17.0 Å². The largest absolute Gasteiger partial charge is 0.352 e. The van der Waals surface area contributed by atoms with Gasteiger partial charge in [0.05, 0.1) is 10.6 Å². The van der Waals surface area contributed by atoms with Crippen LogP contribution in [0, 0.1) is 5.92 Å². The van der Waals surface area contributed by atoms with Crippen LogP contribution in [-0.2, 0) is 11.2 Å². The molecule has 0 unspecified atom stereocenters. The standard InChI is InChI=1S/C31H33N3O2S/c35-30(32-17-6-18-34-19-15-25(16-20-34)21-23-7-2-1-3-8-23)26-13-11-24(12-14-26)22-29-31(36)33-27-9-4-5-10-28(27)37-29/h1-5,7-14,22,25H,6,15-21H2,(H,32,35)(H,33,36)/b29-22+. The summed E-state index contributed by atoms with van der Waals surface area (Å²) in [4.78, 5) is 29.2. The van der Waals surface area contributed by atoms with Crippen LogP contribution >= 0.6 is 11.8 Å². The van der Waals surface area contributed by atoms with Crippen LogP contribution in [0.5, 0.6) is 0 Å². The Hall–Kier alpha value is -3.35. The van der Waals surface area contributed by atoms with Gasteiger partial charge in [0, 0.05) is 17.0 Å². The lowest BCUT2D eigenvalue weighted by molar-refractivity contribution is -0.112. The molecule has 0 atom stereocenters. The Balaban J connectivity index is 1.03. The summed E-state index contributed by atoms with van der Waals surface area (Å²) < 4.78 is 0. The Morgan fingerprint density at radius 2 is 1.70 bits per heavy atom. The molecule has 0 bridgehead atoms. The molecule has 1 saturated heterocycles. The van der Waals surface area contributed by atoms with Crippen molar-refractivity contribution in [1.82, 2.24) is 10.2 Å². The van der Waals surface area contributed by atoms with E-state index < -0.39 is 0 Å². The van der Waals surface area contributed by atoms with Crippen LogP contribution in [0.2, 0.25) is 0 Å². The molecule has 37 heavy (non-hydrogen) atoms. The molecule has 6 heteroatoms. The molecule has 5 nitrogen and oxygen atoms in total. The molecule has 2 amide bonds. The number of piperidine rings is 1. The van der Waals surface area contributed by atoms with Crippen molar-refractivity contribution < 1.29 is 9.59 Å². The first kappa shape index (κ1) is 25.3. The molecule has 5 rings (SSSR count). The van der Waals surface area contributed by atoms with Crippen LogP contribution in [0.15, 0.2) is 88.7 Å². The van der Waals surface area contributed by atoms with Gasteiger partial charge in [-0.05, 0) is 92.7 Å². The molecule has 2 aliphatic rings. The van der Waals surface area contributed by atoms with Crippen molar-refractivity contribution in [2.24, 2.45) is 5.92 Å². The second-order valence-corrected chi connectivity index (χ2v) is 10.9. The molecule has 3 aromatic carbocycles. The van der Waals surface area contributed by atoms with Gasteiger partial charge in [0.1, 0.15) is 0 Å². The predicted molar refractivity (Wildman–Crippen MR) is 152 cm³/mol. The average Bonchev–Trinajstić information content (AvgIpc) is 2.93. The van der Waals surface area contributed by atoms with Crippen LogP contribution < -0.4 is 10.6 Å². The number of rotatable bonds is 8. The zero-order valence-electron chi connectivity index (χ0n) is 21.0. The fourth-order valence-electron chi connectivity index (χ4n) is 4.95. The van der Waals surface area contributed by atoms with Gasteiger partial charge in [-0.2, -0.15) is 0 Å². The summed E-state index contributed by atoms with van der Waals surface area (Å²) in [7, 11) is 0. The summed E-state index contributed by atoms with van der Waals surface area (Å²) in [6, 6.07) is 26.0. The van der Waals surface area contributed by atoms with Crippen molar-refractivity contribution in [2.45, 2.75) is 30.6 Å². The third-order valence-electron chi connectivity index (χ3n) is 7.06. The van der Waals surface area contributed by atoms with Crippen LogP contribution in [0.4, 0.5) is 5.69 Å². The molecule has 0 saturated carbocycles. The lowest BCUT2D eigenvalue weighted by Gasteiger charge is -2.32. The first-order valence-corrected chi connectivity index (χ1v) is 13.9. The summed E-state index contributed by atoms with van der Waals surface area (Å²) in [5, 5.41) is 5.98. The molecule has 3 aromatic rings. The fourth-order valence-corrected chi connectivity index (χ4v) is 5.90. The molecule has 2 aliphatic heterocycles. The van der Waals surface area contributed by atoms with Crippen molar-refractivity contribution in [2.75, 3.05) is 31.5 Å². The van der Waals surface area contributed by atoms with Gasteiger partial charge < -0.3 is 15.5 Å². The SMILES string of the molecule is O=C1Nc2ccccc2S/C1=C/c1ccc(C(=O)NCCCN2CCC(Cc3ccccc3)CC2)cc1. The predicted octanol–water partition coefficient (Wildman–Crippen LogP) is 5.85. The lowest BCUT2D eigenvalue weighted by atomic mass is 9.90. The average molecular weight is 512 g/mol. The molecule has 190 valence electrons. The van der Waals surface area contributed by atoms with E-state index in [-0.39, 0.29) is 11.8 Å². The van der Waals surface area contributed by atoms with E-state index in [0.717, 1.165) is 48.1 Å². The Morgan fingerprint density at radius 1 is 0.973 bits per heavy atom. The van der Waals surface area contributed by atoms with Gasteiger partial charge in [0.2, 0.25) is 0 Å². The fraction of sp³-hybridized carbons (Fsp3) is 0.290. The Morgan fingerprint density at radius 3 is 2.49 bits per heavy atom. The minimum Gasteiger partial charge on any atom is -0.352 e. The number of fused-ring (bicyclic) bond motifs is 1. The molecular formula is C31H33N3O2S. The van der Waals surface area contributed by atoms with Gasteiger partial charge in [-0.15, -0.1) is 0 Å². The second kappa shape index (κ2) is 12.3. The quantitative estimate of drug-likeness (QED) is 0.294. The summed E-state index contributed by atoms with van der Waals surface area (Å²) in [5.41, 5.74) is 3.81. The summed E-state index contributed by atoms with van der Waals surface area (Å²) in [5.74, 6) is 0.615. The zero-order valence-corrected chi connectivity index (χ0v) is 21.8. The molecule has 0 radical (unpaired) electrons. The first-order valence-electron chi connectivity index (χ1n) is 13.1. The molecule has 2 heterocycles. The molecule has 0 aromatic heterocycles. The van der Waals surface area contributed by atoms with E-state index in [2.05, 4.69) is 45.9 Å². The molecule has 0 spiro atoms. The van der Waals surface area contributed by atoms with E-state index in [1.54, 1.807) is 0 Å². The number of likely N-dealkylation sites (tertiary alicyclic amines) is 1. The number of hydrogen-bond acceptors (Lipinski definition) is 4. The zero-order chi connectivity index (χ0) is 25.5. The second-order valence-electron chi connectivity index (χ2n) is 9.77. The minimum absolute atomic E-state index is 0.0560. The van der Waals surface area contributed by atoms with Gasteiger partial charge in [-0.3, -0.25) is 9.59 Å². The highest BCUT2D eigenvalue weighted by Gasteiger charge is 2.21. The van der Waals surface area contributed by atoms with E-state index in [1.165, 1.54) is 36.6 Å². The maximum absolute atomic E-state index is 12.6. The smallest absolute Gasteiger partial charge is 0.262 e. The van der Waals surface area contributed by atoms with Crippen LogP contribution in [0.3, 0.4) is 0 Å². The van der Waals surface area contributed by atoms with Crippen molar-refractivity contribution in [3.05, 3.63) is 100 Å². The number of hydrogen-bond donors (Lipinski definition) is 2. The molecule has 0 aliphatic carbocycles. The summed E-state index contributed by atoms with van der Waals surface area (Å²) in [6.45, 7) is 3.98. The Labute approximate surface area is 223 Å². The van der Waals surface area contributed by atoms with E-state index in [1.807, 2.05) is 54.6 Å². The third-order valence-corrected chi connectivity index (χ3v) is 8.16. The highest BCUT2D eigenvalue weighted by atomic mass is 32.2. The maximum atomic E-state index is 12.6. The van der Waals surface area contributed by atoms with Gasteiger partial charge in [-0.1, -0.05) is 66.4 Å². The minimum atomic E-state index is -0.106. The van der Waals surface area contributed by atoms with E-state index in [9.17, 15) is 9.59 Å². The Kier molecular flexibility index (Phi) is 8.39. The van der Waals surface area contributed by atoms with Crippen molar-refractivity contribution >= 4 is 35.3 Å². The third kappa shape index (κ3) is 6.90. The van der Waals surface area contributed by atoms with Crippen molar-refractivity contribution in [3.63, 3.8) is 0 Å². The molecule has 2 N–H and O–H groups in total. The van der Waals surface area contributed by atoms with Gasteiger partial charge in [0.15, 0.2) is 0 Å². The van der Waals surface area contributed by atoms with Crippen LogP contribution in [0.1, 0.15) is 40.7 Å². The summed E-state index contributed by atoms with van der Waals surface area (Å²) >= 11 is 1.46. The monoisotopic (exact) mass is 511 g/mol. The molecular weight excluding hydrogens is 478 g/mol. The summed E-state index contributed by atoms with van der Waals surface area (Å²) in [6.07, 6.45) is 6.49. The van der Waals surface area contributed by atoms with Crippen molar-refractivity contribution in [1.29, 1.82) is 0 Å². The van der Waals surface area contributed by atoms with Gasteiger partial charge >= 0.3 is 0 Å². The lowest BCUT2D eigenvalue weighted by Crippen LogP contribution is -2.36. The number of anilines is 1. The van der Waals surface area contributed by atoms with Crippen LogP contribution in [0.25, 0.3) is 6.08 Å². The normalized spacial score (nSPS) is 17.3. The first-order chi connectivity index (χ1) is 18.1.